The second-order valence-electron chi connectivity index (χ2n) is 7.35. The zero-order valence-corrected chi connectivity index (χ0v) is 15.5. The fourth-order valence-electron chi connectivity index (χ4n) is 3.13. The van der Waals surface area contributed by atoms with Crippen molar-refractivity contribution in [1.82, 2.24) is 9.78 Å². The molecule has 2 N–H and O–H groups in total. The third-order valence-electron chi connectivity index (χ3n) is 4.96. The van der Waals surface area contributed by atoms with Gasteiger partial charge in [-0.15, -0.1) is 0 Å². The highest BCUT2D eigenvalue weighted by Crippen LogP contribution is 2.23. The van der Waals surface area contributed by atoms with Gasteiger partial charge in [-0.3, -0.25) is 14.3 Å². The number of nitrogens with zero attached hydrogens (tertiary/aromatic N) is 2. The number of carbonyl (C=O) groups is 3. The van der Waals surface area contributed by atoms with Gasteiger partial charge in [-0.2, -0.15) is 5.10 Å². The van der Waals surface area contributed by atoms with Gasteiger partial charge in [0.05, 0.1) is 11.9 Å². The topological polar surface area (TPSA) is 101 Å². The van der Waals surface area contributed by atoms with E-state index < -0.39 is 11.5 Å². The lowest BCUT2D eigenvalue weighted by molar-refractivity contribution is -0.146. The Labute approximate surface area is 157 Å². The Morgan fingerprint density at radius 2 is 1.93 bits per heavy atom. The standard InChI is InChI=1S/C20H23N3O4/c1-20(2,19(26)27)23-12-16(11-21-23)22-18(25)9-8-17(24)15-7-6-13-4-3-5-14(13)10-15/h6-7,10-12H,3-5,8-9H2,1-2H3,(H,22,25)(H,26,27). The number of carbonyl (C=O) groups excluding carboxylic acids is 2. The predicted octanol–water partition coefficient (Wildman–Crippen LogP) is 2.79. The van der Waals surface area contributed by atoms with Crippen molar-refractivity contribution >= 4 is 23.3 Å². The number of carboxylic acids is 1. The fourth-order valence-corrected chi connectivity index (χ4v) is 3.13. The molecule has 0 radical (unpaired) electrons. The number of fused-ring (bicyclic) bond motifs is 1. The minimum atomic E-state index is -1.22. The highest BCUT2D eigenvalue weighted by Gasteiger charge is 2.30. The summed E-state index contributed by atoms with van der Waals surface area (Å²) < 4.78 is 1.28. The zero-order chi connectivity index (χ0) is 19.6. The molecular formula is C20H23N3O4. The van der Waals surface area contributed by atoms with E-state index in [9.17, 15) is 19.5 Å². The number of rotatable bonds is 7. The summed E-state index contributed by atoms with van der Waals surface area (Å²) >= 11 is 0. The van der Waals surface area contributed by atoms with E-state index in [2.05, 4.69) is 10.4 Å². The number of anilines is 1. The normalized spacial score (nSPS) is 13.3. The maximum Gasteiger partial charge on any atom is 0.331 e. The van der Waals surface area contributed by atoms with Crippen molar-refractivity contribution in [3.63, 3.8) is 0 Å². The number of carboxylic acid groups (broad SMARTS) is 1. The molecule has 1 aliphatic carbocycles. The summed E-state index contributed by atoms with van der Waals surface area (Å²) in [5.41, 5.74) is 2.38. The van der Waals surface area contributed by atoms with Crippen molar-refractivity contribution in [3.8, 4) is 0 Å². The van der Waals surface area contributed by atoms with E-state index in [-0.39, 0.29) is 24.5 Å². The van der Waals surface area contributed by atoms with E-state index in [0.29, 0.717) is 11.3 Å². The van der Waals surface area contributed by atoms with Crippen LogP contribution in [0, 0.1) is 0 Å². The largest absolute Gasteiger partial charge is 0.479 e. The molecule has 0 unspecified atom stereocenters. The molecule has 1 aromatic heterocycles. The van der Waals surface area contributed by atoms with Crippen molar-refractivity contribution in [2.45, 2.75) is 51.5 Å². The number of aliphatic carboxylic acids is 1. The van der Waals surface area contributed by atoms with Crippen molar-refractivity contribution in [3.05, 3.63) is 47.3 Å². The maximum atomic E-state index is 12.4. The van der Waals surface area contributed by atoms with E-state index in [1.54, 1.807) is 0 Å². The van der Waals surface area contributed by atoms with Crippen LogP contribution in [0.15, 0.2) is 30.6 Å². The Hall–Kier alpha value is -2.96. The minimum Gasteiger partial charge on any atom is -0.479 e. The molecule has 0 atom stereocenters. The number of aromatic nitrogens is 2. The molecule has 1 amide bonds. The fraction of sp³-hybridized carbons (Fsp3) is 0.400. The van der Waals surface area contributed by atoms with Crippen molar-refractivity contribution < 1.29 is 19.5 Å². The molecule has 7 nitrogen and oxygen atoms in total. The summed E-state index contributed by atoms with van der Waals surface area (Å²) in [5, 5.41) is 15.9. The monoisotopic (exact) mass is 369 g/mol. The molecule has 7 heteroatoms. The Kier molecular flexibility index (Phi) is 5.12. The average Bonchev–Trinajstić information content (AvgIpc) is 3.28. The molecule has 1 aromatic carbocycles. The lowest BCUT2D eigenvalue weighted by atomic mass is 10.0. The number of nitrogens with one attached hydrogen (secondary N) is 1. The third-order valence-corrected chi connectivity index (χ3v) is 4.96. The van der Waals surface area contributed by atoms with E-state index in [1.165, 1.54) is 42.0 Å². The van der Waals surface area contributed by atoms with Crippen LogP contribution in [0.25, 0.3) is 0 Å². The molecule has 27 heavy (non-hydrogen) atoms. The molecule has 142 valence electrons. The first kappa shape index (κ1) is 18.8. The highest BCUT2D eigenvalue weighted by molar-refractivity contribution is 6.00. The van der Waals surface area contributed by atoms with Gasteiger partial charge < -0.3 is 10.4 Å². The summed E-state index contributed by atoms with van der Waals surface area (Å²) in [6, 6.07) is 5.79. The van der Waals surface area contributed by atoms with Crippen LogP contribution in [-0.4, -0.2) is 32.5 Å². The van der Waals surface area contributed by atoms with Crippen LogP contribution in [0.4, 0.5) is 5.69 Å². The smallest absolute Gasteiger partial charge is 0.331 e. The first-order valence-electron chi connectivity index (χ1n) is 9.01. The molecule has 0 fully saturated rings. The van der Waals surface area contributed by atoms with Gasteiger partial charge in [-0.05, 0) is 50.3 Å². The van der Waals surface area contributed by atoms with Crippen LogP contribution in [0.5, 0.6) is 0 Å². The summed E-state index contributed by atoms with van der Waals surface area (Å²) in [6.45, 7) is 3.03. The van der Waals surface area contributed by atoms with Crippen LogP contribution >= 0.6 is 0 Å². The number of hydrogen-bond donors (Lipinski definition) is 2. The maximum absolute atomic E-state index is 12.4. The van der Waals surface area contributed by atoms with Crippen molar-refractivity contribution in [2.75, 3.05) is 5.32 Å². The number of Topliss-reactive ketones (excluding diaryl/α,β-unsaturated/α-hetero) is 1. The molecule has 2 aromatic rings. The van der Waals surface area contributed by atoms with Gasteiger partial charge in [0, 0.05) is 24.6 Å². The molecule has 0 bridgehead atoms. The number of aryl methyl sites for hydroxylation is 2. The summed E-state index contributed by atoms with van der Waals surface area (Å²) in [6.07, 6.45) is 6.25. The van der Waals surface area contributed by atoms with Gasteiger partial charge in [-0.1, -0.05) is 12.1 Å². The van der Waals surface area contributed by atoms with Crippen LogP contribution < -0.4 is 5.32 Å². The lowest BCUT2D eigenvalue weighted by Crippen LogP contribution is -2.35. The molecule has 1 aliphatic rings. The van der Waals surface area contributed by atoms with Gasteiger partial charge in [0.2, 0.25) is 5.91 Å². The van der Waals surface area contributed by atoms with E-state index in [1.807, 2.05) is 18.2 Å². The van der Waals surface area contributed by atoms with E-state index in [0.717, 1.165) is 19.3 Å². The van der Waals surface area contributed by atoms with Gasteiger partial charge in [0.1, 0.15) is 0 Å². The second-order valence-corrected chi connectivity index (χ2v) is 7.35. The van der Waals surface area contributed by atoms with Crippen LogP contribution in [0.2, 0.25) is 0 Å². The van der Waals surface area contributed by atoms with Crippen LogP contribution in [0.3, 0.4) is 0 Å². The van der Waals surface area contributed by atoms with Gasteiger partial charge >= 0.3 is 5.97 Å². The van der Waals surface area contributed by atoms with E-state index >= 15 is 0 Å². The highest BCUT2D eigenvalue weighted by atomic mass is 16.4. The Morgan fingerprint density at radius 3 is 2.67 bits per heavy atom. The quantitative estimate of drug-likeness (QED) is 0.731. The Morgan fingerprint density at radius 1 is 1.19 bits per heavy atom. The summed E-state index contributed by atoms with van der Waals surface area (Å²) in [4.78, 5) is 35.7. The second kappa shape index (κ2) is 7.34. The predicted molar refractivity (Wildman–Crippen MR) is 99.8 cm³/mol. The third kappa shape index (κ3) is 4.07. The first-order valence-corrected chi connectivity index (χ1v) is 9.01. The lowest BCUT2D eigenvalue weighted by Gasteiger charge is -2.19. The summed E-state index contributed by atoms with van der Waals surface area (Å²) in [7, 11) is 0. The minimum absolute atomic E-state index is 0.0532. The zero-order valence-electron chi connectivity index (χ0n) is 15.5. The number of hydrogen-bond acceptors (Lipinski definition) is 4. The average molecular weight is 369 g/mol. The van der Waals surface area contributed by atoms with Crippen molar-refractivity contribution in [2.24, 2.45) is 0 Å². The molecule has 0 aliphatic heterocycles. The summed E-state index contributed by atoms with van der Waals surface area (Å²) in [5.74, 6) is -1.39. The van der Waals surface area contributed by atoms with Gasteiger partial charge in [0.15, 0.2) is 11.3 Å². The van der Waals surface area contributed by atoms with Gasteiger partial charge in [0.25, 0.3) is 0 Å². The number of ketones is 1. The molecule has 0 spiro atoms. The van der Waals surface area contributed by atoms with E-state index in [4.69, 9.17) is 0 Å². The molecular weight excluding hydrogens is 346 g/mol. The Bertz CT molecular complexity index is 898. The van der Waals surface area contributed by atoms with Crippen molar-refractivity contribution in [1.29, 1.82) is 0 Å². The molecule has 3 rings (SSSR count). The first-order chi connectivity index (χ1) is 12.8. The SMILES string of the molecule is CC(C)(C(=O)O)n1cc(NC(=O)CCC(=O)c2ccc3c(c2)CCC3)cn1. The van der Waals surface area contributed by atoms with Crippen LogP contribution in [0.1, 0.15) is 54.6 Å². The number of amides is 1. The molecule has 1 heterocycles. The van der Waals surface area contributed by atoms with Crippen LogP contribution in [-0.2, 0) is 28.0 Å². The molecule has 0 saturated carbocycles. The number of benzene rings is 1. The van der Waals surface area contributed by atoms with Gasteiger partial charge in [-0.25, -0.2) is 4.79 Å². The Balaban J connectivity index is 1.55. The molecule has 0 saturated heterocycles.